The summed E-state index contributed by atoms with van der Waals surface area (Å²) in [7, 11) is 0. The molecule has 1 aliphatic rings. The van der Waals surface area contributed by atoms with Crippen molar-refractivity contribution >= 4 is 0 Å². The van der Waals surface area contributed by atoms with E-state index in [4.69, 9.17) is 0 Å². The number of rotatable bonds is 0. The van der Waals surface area contributed by atoms with Crippen LogP contribution in [0.2, 0.25) is 0 Å². The van der Waals surface area contributed by atoms with Crippen molar-refractivity contribution in [3.63, 3.8) is 0 Å². The van der Waals surface area contributed by atoms with Crippen molar-refractivity contribution in [1.82, 2.24) is 0 Å². The molecule has 0 fully saturated rings. The largest absolute Gasteiger partial charge is 1.00 e. The van der Waals surface area contributed by atoms with Gasteiger partial charge in [-0.1, -0.05) is 12.5 Å². The second-order valence-electron chi connectivity index (χ2n) is 2.94. The van der Waals surface area contributed by atoms with Gasteiger partial charge in [-0.15, -0.1) is 5.76 Å². The average Bonchev–Trinajstić information content (AvgIpc) is 1.83. The Bertz CT molecular complexity index is 140. The molecule has 10 heavy (non-hydrogen) atoms. The summed E-state index contributed by atoms with van der Waals surface area (Å²) in [4.78, 5) is 0. The van der Waals surface area contributed by atoms with Crippen LogP contribution in [0.25, 0.3) is 0 Å². The third kappa shape index (κ3) is 2.66. The van der Waals surface area contributed by atoms with Gasteiger partial charge in [0.25, 0.3) is 0 Å². The zero-order chi connectivity index (χ0) is 6.85. The van der Waals surface area contributed by atoms with Crippen LogP contribution in [-0.2, 0) is 0 Å². The van der Waals surface area contributed by atoms with Gasteiger partial charge in [-0.2, -0.15) is 0 Å². The van der Waals surface area contributed by atoms with Gasteiger partial charge in [0.05, 0.1) is 0 Å². The molecule has 0 saturated carbocycles. The topological polar surface area (TPSA) is 23.1 Å². The minimum Gasteiger partial charge on any atom is -0.875 e. The molecule has 1 nitrogen and oxygen atoms in total. The summed E-state index contributed by atoms with van der Waals surface area (Å²) < 4.78 is 0. The van der Waals surface area contributed by atoms with E-state index in [1.165, 1.54) is 6.42 Å². The minimum atomic E-state index is 0. The van der Waals surface area contributed by atoms with Crippen LogP contribution in [-0.4, -0.2) is 0 Å². The molecule has 0 aromatic carbocycles. The van der Waals surface area contributed by atoms with Gasteiger partial charge in [-0.3, -0.25) is 0 Å². The van der Waals surface area contributed by atoms with Crippen molar-refractivity contribution < 1.29 is 56.5 Å². The Morgan fingerprint density at radius 3 is 2.50 bits per heavy atom. The van der Waals surface area contributed by atoms with Crippen LogP contribution in [0.3, 0.4) is 0 Å². The molecule has 0 heterocycles. The maximum absolute atomic E-state index is 11.1. The van der Waals surface area contributed by atoms with Crippen LogP contribution in [0, 0.1) is 5.92 Å². The third-order valence-electron chi connectivity index (χ3n) is 2.06. The Labute approximate surface area is 105 Å². The molecule has 0 aliphatic heterocycles. The summed E-state index contributed by atoms with van der Waals surface area (Å²) >= 11 is 0. The zero-order valence-corrected chi connectivity index (χ0v) is 10.2. The summed E-state index contributed by atoms with van der Waals surface area (Å²) in [6.45, 7) is 3.98. The predicted molar refractivity (Wildman–Crippen MR) is 35.7 cm³/mol. The van der Waals surface area contributed by atoms with Gasteiger partial charge in [0.15, 0.2) is 0 Å². The van der Waals surface area contributed by atoms with Gasteiger partial charge in [0.2, 0.25) is 0 Å². The SMILES string of the molecule is CC1=C([O-])C(C)CCC1.[K+]. The van der Waals surface area contributed by atoms with Crippen molar-refractivity contribution in [2.24, 2.45) is 5.92 Å². The molecule has 52 valence electrons. The summed E-state index contributed by atoms with van der Waals surface area (Å²) in [6, 6.07) is 0. The molecule has 0 radical (unpaired) electrons. The van der Waals surface area contributed by atoms with Crippen molar-refractivity contribution in [3.8, 4) is 0 Å². The van der Waals surface area contributed by atoms with Crippen molar-refractivity contribution in [2.75, 3.05) is 0 Å². The van der Waals surface area contributed by atoms with E-state index in [9.17, 15) is 5.11 Å². The molecule has 0 amide bonds. The molecule has 0 bridgehead atoms. The minimum absolute atomic E-state index is 0. The molecule has 0 saturated heterocycles. The smallest absolute Gasteiger partial charge is 0.875 e. The third-order valence-corrected chi connectivity index (χ3v) is 2.06. The van der Waals surface area contributed by atoms with E-state index >= 15 is 0 Å². The van der Waals surface area contributed by atoms with Gasteiger partial charge in [-0.05, 0) is 32.1 Å². The molecule has 2 heteroatoms. The number of hydrogen-bond acceptors (Lipinski definition) is 1. The van der Waals surface area contributed by atoms with Gasteiger partial charge in [-0.25, -0.2) is 0 Å². The van der Waals surface area contributed by atoms with E-state index in [2.05, 4.69) is 0 Å². The monoisotopic (exact) mass is 164 g/mol. The summed E-state index contributed by atoms with van der Waals surface area (Å²) in [6.07, 6.45) is 3.33. The fourth-order valence-corrected chi connectivity index (χ4v) is 1.35. The Hall–Kier alpha value is 1.18. The van der Waals surface area contributed by atoms with Crippen molar-refractivity contribution in [1.29, 1.82) is 0 Å². The van der Waals surface area contributed by atoms with Crippen molar-refractivity contribution in [3.05, 3.63) is 11.3 Å². The van der Waals surface area contributed by atoms with Gasteiger partial charge in [0, 0.05) is 0 Å². The molecular weight excluding hydrogens is 151 g/mol. The van der Waals surface area contributed by atoms with E-state index in [-0.39, 0.29) is 51.4 Å². The average molecular weight is 164 g/mol. The van der Waals surface area contributed by atoms with E-state index in [0.717, 1.165) is 18.4 Å². The molecule has 0 spiro atoms. The summed E-state index contributed by atoms with van der Waals surface area (Å²) in [5.74, 6) is 0.694. The van der Waals surface area contributed by atoms with Gasteiger partial charge >= 0.3 is 51.4 Å². The molecule has 1 rings (SSSR count). The molecule has 0 aromatic heterocycles. The van der Waals surface area contributed by atoms with Gasteiger partial charge < -0.3 is 5.11 Å². The quantitative estimate of drug-likeness (QED) is 0.397. The van der Waals surface area contributed by atoms with Crippen LogP contribution in [0.4, 0.5) is 0 Å². The molecule has 1 atom stereocenters. The first-order chi connectivity index (χ1) is 4.22. The first-order valence-corrected chi connectivity index (χ1v) is 3.58. The Morgan fingerprint density at radius 2 is 2.10 bits per heavy atom. The number of allylic oxidation sites excluding steroid dienone is 2. The Morgan fingerprint density at radius 1 is 1.50 bits per heavy atom. The van der Waals surface area contributed by atoms with E-state index in [1.807, 2.05) is 13.8 Å². The second-order valence-corrected chi connectivity index (χ2v) is 2.94. The fraction of sp³-hybridized carbons (Fsp3) is 0.750. The maximum Gasteiger partial charge on any atom is 1.00 e. The van der Waals surface area contributed by atoms with E-state index < -0.39 is 0 Å². The normalized spacial score (nSPS) is 26.0. The zero-order valence-electron chi connectivity index (χ0n) is 7.11. The molecule has 1 aliphatic carbocycles. The molecule has 0 N–H and O–H groups in total. The number of hydrogen-bond donors (Lipinski definition) is 0. The van der Waals surface area contributed by atoms with Crippen LogP contribution in [0.5, 0.6) is 0 Å². The first kappa shape index (κ1) is 11.2. The Kier molecular flexibility index (Phi) is 5.52. The van der Waals surface area contributed by atoms with Crippen molar-refractivity contribution in [2.45, 2.75) is 33.1 Å². The van der Waals surface area contributed by atoms with E-state index in [0.29, 0.717) is 11.7 Å². The first-order valence-electron chi connectivity index (χ1n) is 3.58. The van der Waals surface area contributed by atoms with Crippen LogP contribution in [0.15, 0.2) is 11.3 Å². The molecule has 0 aromatic rings. The van der Waals surface area contributed by atoms with Crippen LogP contribution >= 0.6 is 0 Å². The van der Waals surface area contributed by atoms with Crippen LogP contribution < -0.4 is 56.5 Å². The van der Waals surface area contributed by atoms with E-state index in [1.54, 1.807) is 0 Å². The second kappa shape index (κ2) is 4.94. The fourth-order valence-electron chi connectivity index (χ4n) is 1.35. The van der Waals surface area contributed by atoms with Gasteiger partial charge in [0.1, 0.15) is 0 Å². The molecular formula is C8H13KO. The summed E-state index contributed by atoms with van der Waals surface area (Å²) in [5.41, 5.74) is 1.08. The predicted octanol–water partition coefficient (Wildman–Crippen LogP) is -1.56. The maximum atomic E-state index is 11.1. The standard InChI is InChI=1S/C8H14O.K/c1-6-4-3-5-7(2)8(6)9;/h6,9H,3-5H2,1-2H3;/q;+1/p-1. The molecule has 1 unspecified atom stereocenters. The summed E-state index contributed by atoms with van der Waals surface area (Å²) in [5, 5.41) is 11.1. The van der Waals surface area contributed by atoms with Crippen LogP contribution in [0.1, 0.15) is 33.1 Å². The Balaban J connectivity index is 0.000000810.